The lowest BCUT2D eigenvalue weighted by molar-refractivity contribution is -0.127. The fourth-order valence-electron chi connectivity index (χ4n) is 1.94. The van der Waals surface area contributed by atoms with Gasteiger partial charge in [0.2, 0.25) is 0 Å². The third-order valence-corrected chi connectivity index (χ3v) is 4.03. The second kappa shape index (κ2) is 3.27. The second-order valence-corrected chi connectivity index (χ2v) is 5.54. The Morgan fingerprint density at radius 2 is 1.15 bits per heavy atom. The molecule has 1 aliphatic rings. The van der Waals surface area contributed by atoms with Gasteiger partial charge in [-0.3, -0.25) is 0 Å². The second-order valence-electron chi connectivity index (χ2n) is 5.54. The number of hydrogen-bond acceptors (Lipinski definition) is 1. The van der Waals surface area contributed by atoms with Crippen molar-refractivity contribution < 1.29 is 4.74 Å². The van der Waals surface area contributed by atoms with Crippen LogP contribution in [0, 0.1) is 11.8 Å². The van der Waals surface area contributed by atoms with Crippen molar-refractivity contribution in [3.05, 3.63) is 0 Å². The number of hydrogen-bond donors (Lipinski definition) is 0. The van der Waals surface area contributed by atoms with E-state index in [-0.39, 0.29) is 11.2 Å². The summed E-state index contributed by atoms with van der Waals surface area (Å²) in [6.07, 6.45) is 2.42. The lowest BCUT2D eigenvalue weighted by Gasteiger charge is -2.35. The van der Waals surface area contributed by atoms with E-state index in [0.717, 1.165) is 0 Å². The van der Waals surface area contributed by atoms with Gasteiger partial charge in [0.15, 0.2) is 0 Å². The minimum absolute atomic E-state index is 0.110. The van der Waals surface area contributed by atoms with Crippen LogP contribution in [0.15, 0.2) is 0 Å². The van der Waals surface area contributed by atoms with Crippen LogP contribution in [0.4, 0.5) is 0 Å². The first kappa shape index (κ1) is 11.0. The first-order valence-corrected chi connectivity index (χ1v) is 5.50. The van der Waals surface area contributed by atoms with Gasteiger partial charge in [0, 0.05) is 0 Å². The summed E-state index contributed by atoms with van der Waals surface area (Å²) in [6, 6.07) is 0. The SMILES string of the molecule is CC(C)C1(C)CCC(C)(C(C)C)O1. The van der Waals surface area contributed by atoms with Crippen molar-refractivity contribution in [1.29, 1.82) is 0 Å². The van der Waals surface area contributed by atoms with Crippen LogP contribution in [-0.2, 0) is 4.74 Å². The topological polar surface area (TPSA) is 9.23 Å². The Hall–Kier alpha value is -0.0400. The van der Waals surface area contributed by atoms with Crippen LogP contribution in [0.2, 0.25) is 0 Å². The summed E-state index contributed by atoms with van der Waals surface area (Å²) >= 11 is 0. The third-order valence-electron chi connectivity index (χ3n) is 4.03. The largest absolute Gasteiger partial charge is 0.369 e. The molecule has 1 fully saturated rings. The van der Waals surface area contributed by atoms with E-state index in [1.807, 2.05) is 0 Å². The molecular formula is C12H24O. The monoisotopic (exact) mass is 184 g/mol. The van der Waals surface area contributed by atoms with Crippen molar-refractivity contribution in [2.75, 3.05) is 0 Å². The molecule has 1 heteroatoms. The molecular weight excluding hydrogens is 160 g/mol. The van der Waals surface area contributed by atoms with Gasteiger partial charge in [-0.1, -0.05) is 27.7 Å². The maximum Gasteiger partial charge on any atom is 0.0685 e. The van der Waals surface area contributed by atoms with Gasteiger partial charge in [-0.2, -0.15) is 0 Å². The number of ether oxygens (including phenoxy) is 1. The van der Waals surface area contributed by atoms with Gasteiger partial charge < -0.3 is 4.74 Å². The van der Waals surface area contributed by atoms with Crippen LogP contribution >= 0.6 is 0 Å². The van der Waals surface area contributed by atoms with E-state index in [9.17, 15) is 0 Å². The summed E-state index contributed by atoms with van der Waals surface area (Å²) in [5.74, 6) is 1.24. The minimum atomic E-state index is 0.110. The van der Waals surface area contributed by atoms with E-state index < -0.39 is 0 Å². The molecule has 0 spiro atoms. The van der Waals surface area contributed by atoms with E-state index in [1.165, 1.54) is 12.8 Å². The van der Waals surface area contributed by atoms with E-state index >= 15 is 0 Å². The van der Waals surface area contributed by atoms with Gasteiger partial charge in [-0.25, -0.2) is 0 Å². The van der Waals surface area contributed by atoms with Crippen LogP contribution in [0.5, 0.6) is 0 Å². The van der Waals surface area contributed by atoms with Crippen LogP contribution in [-0.4, -0.2) is 11.2 Å². The van der Waals surface area contributed by atoms with Gasteiger partial charge >= 0.3 is 0 Å². The standard InChI is InChI=1S/C12H24O/c1-9(2)11(5)7-8-12(6,13-11)10(3)4/h9-10H,7-8H2,1-6H3. The molecule has 0 aliphatic carbocycles. The summed E-state index contributed by atoms with van der Waals surface area (Å²) in [7, 11) is 0. The quantitative estimate of drug-likeness (QED) is 0.637. The van der Waals surface area contributed by atoms with Crippen molar-refractivity contribution in [2.45, 2.75) is 65.6 Å². The van der Waals surface area contributed by atoms with E-state index in [0.29, 0.717) is 11.8 Å². The third kappa shape index (κ3) is 1.90. The number of rotatable bonds is 2. The van der Waals surface area contributed by atoms with E-state index in [1.54, 1.807) is 0 Å². The van der Waals surface area contributed by atoms with Crippen LogP contribution in [0.25, 0.3) is 0 Å². The molecule has 2 unspecified atom stereocenters. The van der Waals surface area contributed by atoms with Gasteiger partial charge in [-0.15, -0.1) is 0 Å². The van der Waals surface area contributed by atoms with Crippen molar-refractivity contribution in [2.24, 2.45) is 11.8 Å². The van der Waals surface area contributed by atoms with Crippen molar-refractivity contribution in [3.8, 4) is 0 Å². The Kier molecular flexibility index (Phi) is 2.78. The zero-order valence-corrected chi connectivity index (χ0v) is 9.98. The predicted octanol–water partition coefficient (Wildman–Crippen LogP) is 3.63. The van der Waals surface area contributed by atoms with Gasteiger partial charge in [0.05, 0.1) is 11.2 Å². The molecule has 0 aromatic carbocycles. The fourth-order valence-corrected chi connectivity index (χ4v) is 1.94. The molecule has 1 saturated heterocycles. The first-order valence-electron chi connectivity index (χ1n) is 5.50. The minimum Gasteiger partial charge on any atom is -0.369 e. The summed E-state index contributed by atoms with van der Waals surface area (Å²) < 4.78 is 6.26. The molecule has 0 bridgehead atoms. The highest BCUT2D eigenvalue weighted by atomic mass is 16.5. The first-order chi connectivity index (χ1) is 5.80. The van der Waals surface area contributed by atoms with Gasteiger partial charge in [0.25, 0.3) is 0 Å². The molecule has 13 heavy (non-hydrogen) atoms. The molecule has 0 amide bonds. The fraction of sp³-hybridized carbons (Fsp3) is 1.00. The molecule has 0 saturated carbocycles. The Morgan fingerprint density at radius 1 is 0.846 bits per heavy atom. The molecule has 78 valence electrons. The molecule has 2 atom stereocenters. The smallest absolute Gasteiger partial charge is 0.0685 e. The van der Waals surface area contributed by atoms with Gasteiger partial charge in [0.1, 0.15) is 0 Å². The molecule has 1 rings (SSSR count). The molecule has 1 nitrogen and oxygen atoms in total. The highest BCUT2D eigenvalue weighted by molar-refractivity contribution is 4.95. The molecule has 0 aromatic heterocycles. The highest BCUT2D eigenvalue weighted by Crippen LogP contribution is 2.45. The zero-order chi connectivity index (χ0) is 10.3. The lowest BCUT2D eigenvalue weighted by atomic mass is 9.86. The summed E-state index contributed by atoms with van der Waals surface area (Å²) in [5.41, 5.74) is 0.220. The average Bonchev–Trinajstić information content (AvgIpc) is 2.30. The maximum atomic E-state index is 6.26. The zero-order valence-electron chi connectivity index (χ0n) is 9.98. The Bertz CT molecular complexity index is 166. The van der Waals surface area contributed by atoms with E-state index in [4.69, 9.17) is 4.74 Å². The van der Waals surface area contributed by atoms with Gasteiger partial charge in [-0.05, 0) is 38.5 Å². The average molecular weight is 184 g/mol. The highest BCUT2D eigenvalue weighted by Gasteiger charge is 2.46. The van der Waals surface area contributed by atoms with Crippen molar-refractivity contribution >= 4 is 0 Å². The summed E-state index contributed by atoms with van der Waals surface area (Å²) in [6.45, 7) is 13.5. The normalized spacial score (nSPS) is 40.6. The predicted molar refractivity (Wildman–Crippen MR) is 56.8 cm³/mol. The van der Waals surface area contributed by atoms with Crippen molar-refractivity contribution in [1.82, 2.24) is 0 Å². The maximum absolute atomic E-state index is 6.26. The van der Waals surface area contributed by atoms with Crippen LogP contribution in [0.1, 0.15) is 54.4 Å². The molecule has 1 aliphatic heterocycles. The molecule has 0 radical (unpaired) electrons. The summed E-state index contributed by atoms with van der Waals surface area (Å²) in [4.78, 5) is 0. The Balaban J connectivity index is 2.73. The van der Waals surface area contributed by atoms with Crippen LogP contribution < -0.4 is 0 Å². The Morgan fingerprint density at radius 3 is 1.31 bits per heavy atom. The van der Waals surface area contributed by atoms with Crippen LogP contribution in [0.3, 0.4) is 0 Å². The Labute approximate surface area is 82.9 Å². The lowest BCUT2D eigenvalue weighted by Crippen LogP contribution is -2.38. The molecule has 1 heterocycles. The van der Waals surface area contributed by atoms with E-state index in [2.05, 4.69) is 41.5 Å². The van der Waals surface area contributed by atoms with Crippen molar-refractivity contribution in [3.63, 3.8) is 0 Å². The molecule has 0 aromatic rings. The summed E-state index contributed by atoms with van der Waals surface area (Å²) in [5, 5.41) is 0. The molecule has 0 N–H and O–H groups in total.